The molecule has 2 aromatic carbocycles. The number of hydrogen-bond donors (Lipinski definition) is 1. The highest BCUT2D eigenvalue weighted by Crippen LogP contribution is 2.35. The second-order valence-corrected chi connectivity index (χ2v) is 10.6. The van der Waals surface area contributed by atoms with Crippen LogP contribution in [0.1, 0.15) is 60.3 Å². The van der Waals surface area contributed by atoms with Gasteiger partial charge in [0.05, 0.1) is 13.2 Å². The topological polar surface area (TPSA) is 92.2 Å². The summed E-state index contributed by atoms with van der Waals surface area (Å²) in [6.45, 7) is 7.42. The van der Waals surface area contributed by atoms with Crippen molar-refractivity contribution in [3.63, 3.8) is 0 Å². The molecule has 1 aliphatic heterocycles. The van der Waals surface area contributed by atoms with E-state index >= 15 is 0 Å². The molecule has 4 aromatic rings. The molecule has 38 heavy (non-hydrogen) atoms. The summed E-state index contributed by atoms with van der Waals surface area (Å²) in [5.74, 6) is 1.62. The molecule has 0 spiro atoms. The number of benzene rings is 2. The summed E-state index contributed by atoms with van der Waals surface area (Å²) in [5, 5.41) is 14.2. The van der Waals surface area contributed by atoms with E-state index in [1.807, 2.05) is 22.9 Å². The number of hydrogen-bond acceptors (Lipinski definition) is 7. The molecule has 0 unspecified atom stereocenters. The average molecular weight is 514 g/mol. The van der Waals surface area contributed by atoms with Gasteiger partial charge < -0.3 is 14.6 Å². The van der Waals surface area contributed by atoms with Gasteiger partial charge in [0.15, 0.2) is 5.82 Å². The van der Waals surface area contributed by atoms with E-state index in [1.165, 1.54) is 18.5 Å². The van der Waals surface area contributed by atoms with Gasteiger partial charge in [0.2, 0.25) is 0 Å². The minimum absolute atomic E-state index is 0.0777. The smallest absolute Gasteiger partial charge is 0.253 e. The number of pyridine rings is 1. The Morgan fingerprint density at radius 1 is 1.00 bits per heavy atom. The fourth-order valence-electron chi connectivity index (χ4n) is 6.21. The van der Waals surface area contributed by atoms with Crippen LogP contribution in [0.2, 0.25) is 0 Å². The molecule has 2 fully saturated rings. The molecule has 9 nitrogen and oxygen atoms in total. The number of piperazine rings is 1. The van der Waals surface area contributed by atoms with Crippen molar-refractivity contribution >= 4 is 16.6 Å². The third kappa shape index (κ3) is 4.55. The third-order valence-electron chi connectivity index (χ3n) is 8.19. The van der Waals surface area contributed by atoms with E-state index < -0.39 is 0 Å². The van der Waals surface area contributed by atoms with Gasteiger partial charge in [0.1, 0.15) is 11.8 Å². The van der Waals surface area contributed by atoms with Crippen molar-refractivity contribution in [1.82, 2.24) is 30.1 Å². The van der Waals surface area contributed by atoms with Gasteiger partial charge in [-0.15, -0.1) is 5.10 Å². The lowest BCUT2D eigenvalue weighted by Gasteiger charge is -2.39. The maximum absolute atomic E-state index is 13.6. The summed E-state index contributed by atoms with van der Waals surface area (Å²) in [6, 6.07) is 14.4. The standard InChI is InChI=1S/C29H35N7O2/c1-19-16-20(2)24-18-25(29(37)30-26(24)17-19)27(28-31-32-33-36(28)22-6-4-5-7-22)35-14-12-34(13-15-35)21-8-10-23(38-3)11-9-21/h8-11,16-18,22,27H,4-7,12-15H2,1-3H3,(H,30,37)/t27-/m0/s1. The second-order valence-electron chi connectivity index (χ2n) is 10.6. The number of aromatic amines is 1. The zero-order chi connectivity index (χ0) is 26.2. The molecule has 198 valence electrons. The van der Waals surface area contributed by atoms with Crippen molar-refractivity contribution in [3.8, 4) is 5.75 Å². The Kier molecular flexibility index (Phi) is 6.61. The SMILES string of the molecule is COc1ccc(N2CCN([C@@H](c3cc4c(C)cc(C)cc4[nH]c3=O)c3nnnn3C3CCCC3)CC2)cc1. The number of nitrogens with one attached hydrogen (secondary N) is 1. The van der Waals surface area contributed by atoms with E-state index in [2.05, 4.69) is 68.4 Å². The summed E-state index contributed by atoms with van der Waals surface area (Å²) in [7, 11) is 1.68. The summed E-state index contributed by atoms with van der Waals surface area (Å²) >= 11 is 0. The molecule has 0 bridgehead atoms. The van der Waals surface area contributed by atoms with Gasteiger partial charge in [-0.2, -0.15) is 0 Å². The van der Waals surface area contributed by atoms with E-state index in [0.29, 0.717) is 5.56 Å². The lowest BCUT2D eigenvalue weighted by molar-refractivity contribution is 0.197. The van der Waals surface area contributed by atoms with Crippen LogP contribution in [0.4, 0.5) is 5.69 Å². The maximum atomic E-state index is 13.6. The number of rotatable bonds is 6. The quantitative estimate of drug-likeness (QED) is 0.414. The lowest BCUT2D eigenvalue weighted by Crippen LogP contribution is -2.49. The van der Waals surface area contributed by atoms with E-state index in [1.54, 1.807) is 7.11 Å². The summed E-state index contributed by atoms with van der Waals surface area (Å²) in [5.41, 5.74) is 4.95. The van der Waals surface area contributed by atoms with Crippen molar-refractivity contribution in [2.75, 3.05) is 38.2 Å². The minimum atomic E-state index is -0.322. The number of methoxy groups -OCH3 is 1. The van der Waals surface area contributed by atoms with Gasteiger partial charge in [-0.3, -0.25) is 9.69 Å². The van der Waals surface area contributed by atoms with Crippen LogP contribution in [-0.4, -0.2) is 63.4 Å². The predicted octanol–water partition coefficient (Wildman–Crippen LogP) is 4.17. The normalized spacial score (nSPS) is 17.8. The van der Waals surface area contributed by atoms with Crippen LogP contribution in [0.3, 0.4) is 0 Å². The lowest BCUT2D eigenvalue weighted by atomic mass is 9.99. The van der Waals surface area contributed by atoms with Crippen molar-refractivity contribution in [2.45, 2.75) is 51.6 Å². The molecule has 9 heteroatoms. The number of nitrogens with zero attached hydrogens (tertiary/aromatic N) is 6. The summed E-state index contributed by atoms with van der Waals surface area (Å²) in [4.78, 5) is 21.6. The fourth-order valence-corrected chi connectivity index (χ4v) is 6.21. The largest absolute Gasteiger partial charge is 0.497 e. The van der Waals surface area contributed by atoms with Gasteiger partial charge >= 0.3 is 0 Å². The number of ether oxygens (including phenoxy) is 1. The highest BCUT2D eigenvalue weighted by molar-refractivity contribution is 5.83. The molecule has 3 heterocycles. The summed E-state index contributed by atoms with van der Waals surface area (Å²) < 4.78 is 7.32. The van der Waals surface area contributed by atoms with Crippen LogP contribution < -0.4 is 15.2 Å². The van der Waals surface area contributed by atoms with Gasteiger partial charge in [-0.25, -0.2) is 4.68 Å². The first-order valence-electron chi connectivity index (χ1n) is 13.6. The van der Waals surface area contributed by atoms with Crippen molar-refractivity contribution in [3.05, 3.63) is 75.3 Å². The zero-order valence-corrected chi connectivity index (χ0v) is 22.4. The molecule has 1 N–H and O–H groups in total. The van der Waals surface area contributed by atoms with Crippen LogP contribution in [0.5, 0.6) is 5.75 Å². The van der Waals surface area contributed by atoms with Crippen LogP contribution >= 0.6 is 0 Å². The van der Waals surface area contributed by atoms with Crippen LogP contribution in [-0.2, 0) is 0 Å². The van der Waals surface area contributed by atoms with Crippen molar-refractivity contribution in [2.24, 2.45) is 0 Å². The van der Waals surface area contributed by atoms with E-state index in [-0.39, 0.29) is 17.6 Å². The third-order valence-corrected chi connectivity index (χ3v) is 8.19. The monoisotopic (exact) mass is 513 g/mol. The Morgan fingerprint density at radius 3 is 2.45 bits per heavy atom. The Morgan fingerprint density at radius 2 is 1.74 bits per heavy atom. The Bertz CT molecular complexity index is 1480. The fraction of sp³-hybridized carbons (Fsp3) is 0.448. The molecule has 2 aliphatic rings. The molecular weight excluding hydrogens is 478 g/mol. The second kappa shape index (κ2) is 10.2. The molecule has 0 amide bonds. The van der Waals surface area contributed by atoms with Crippen LogP contribution in [0, 0.1) is 13.8 Å². The molecular formula is C29H35N7O2. The first-order chi connectivity index (χ1) is 18.5. The minimum Gasteiger partial charge on any atom is -0.497 e. The molecule has 1 aliphatic carbocycles. The van der Waals surface area contributed by atoms with Crippen molar-refractivity contribution in [1.29, 1.82) is 0 Å². The van der Waals surface area contributed by atoms with E-state index in [0.717, 1.165) is 72.6 Å². The summed E-state index contributed by atoms with van der Waals surface area (Å²) in [6.07, 6.45) is 4.51. The Hall–Kier alpha value is -3.72. The maximum Gasteiger partial charge on any atom is 0.253 e. The van der Waals surface area contributed by atoms with Crippen molar-refractivity contribution < 1.29 is 4.74 Å². The highest BCUT2D eigenvalue weighted by atomic mass is 16.5. The van der Waals surface area contributed by atoms with Gasteiger partial charge in [-0.05, 0) is 84.6 Å². The Balaban J connectivity index is 1.38. The number of aryl methyl sites for hydroxylation is 2. The van der Waals surface area contributed by atoms with Crippen LogP contribution in [0.15, 0.2) is 47.3 Å². The van der Waals surface area contributed by atoms with Gasteiger partial charge in [0, 0.05) is 48.3 Å². The number of aromatic nitrogens is 5. The van der Waals surface area contributed by atoms with Gasteiger partial charge in [0.25, 0.3) is 5.56 Å². The first kappa shape index (κ1) is 24.6. The average Bonchev–Trinajstić information content (AvgIpc) is 3.62. The molecule has 0 radical (unpaired) electrons. The molecule has 1 atom stereocenters. The molecule has 1 saturated carbocycles. The van der Waals surface area contributed by atoms with E-state index in [9.17, 15) is 4.79 Å². The molecule has 2 aromatic heterocycles. The highest BCUT2D eigenvalue weighted by Gasteiger charge is 2.35. The number of fused-ring (bicyclic) bond motifs is 1. The van der Waals surface area contributed by atoms with Gasteiger partial charge in [-0.1, -0.05) is 18.9 Å². The number of H-pyrrole nitrogens is 1. The zero-order valence-electron chi connectivity index (χ0n) is 22.4. The first-order valence-corrected chi connectivity index (χ1v) is 13.6. The number of anilines is 1. The predicted molar refractivity (Wildman–Crippen MR) is 148 cm³/mol. The molecule has 1 saturated heterocycles. The van der Waals surface area contributed by atoms with Crippen LogP contribution in [0.25, 0.3) is 10.9 Å². The Labute approximate surface area is 222 Å². The number of tetrazole rings is 1. The molecule has 6 rings (SSSR count). The van der Waals surface area contributed by atoms with E-state index in [4.69, 9.17) is 4.74 Å².